The Balaban J connectivity index is 2.04. The van der Waals surface area contributed by atoms with Crippen LogP contribution < -0.4 is 5.32 Å². The summed E-state index contributed by atoms with van der Waals surface area (Å²) >= 11 is 0. The van der Waals surface area contributed by atoms with Crippen LogP contribution in [0.1, 0.15) is 52.9 Å². The van der Waals surface area contributed by atoms with Crippen molar-refractivity contribution in [3.05, 3.63) is 0 Å². The van der Waals surface area contributed by atoms with Crippen LogP contribution in [0.2, 0.25) is 0 Å². The van der Waals surface area contributed by atoms with E-state index in [2.05, 4.69) is 12.2 Å². The number of sulfone groups is 1. The topological polar surface area (TPSA) is 55.4 Å². The monoisotopic (exact) mass is 317 g/mol. The van der Waals surface area contributed by atoms with Crippen molar-refractivity contribution in [1.82, 2.24) is 5.32 Å². The molecule has 0 amide bonds. The largest absolute Gasteiger partial charge is 0.377 e. The van der Waals surface area contributed by atoms with Crippen molar-refractivity contribution < 1.29 is 13.2 Å². The van der Waals surface area contributed by atoms with Crippen molar-refractivity contribution >= 4 is 9.84 Å². The predicted octanol–water partition coefficient (Wildman–Crippen LogP) is 2.38. The van der Waals surface area contributed by atoms with E-state index in [-0.39, 0.29) is 16.8 Å². The predicted molar refractivity (Wildman–Crippen MR) is 86.2 cm³/mol. The fourth-order valence-corrected chi connectivity index (χ4v) is 4.55. The quantitative estimate of drug-likeness (QED) is 0.663. The highest BCUT2D eigenvalue weighted by Crippen LogP contribution is 2.49. The zero-order valence-corrected chi connectivity index (χ0v) is 14.5. The summed E-state index contributed by atoms with van der Waals surface area (Å²) in [5.41, 5.74) is 0.0261. The Morgan fingerprint density at radius 3 is 2.62 bits per heavy atom. The minimum Gasteiger partial charge on any atom is -0.377 e. The lowest BCUT2D eigenvalue weighted by molar-refractivity contribution is 0.0292. The lowest BCUT2D eigenvalue weighted by Gasteiger charge is -2.35. The molecule has 0 bridgehead atoms. The first-order chi connectivity index (χ1) is 9.91. The second kappa shape index (κ2) is 6.97. The van der Waals surface area contributed by atoms with Crippen LogP contribution in [0.25, 0.3) is 0 Å². The van der Waals surface area contributed by atoms with Gasteiger partial charge in [-0.25, -0.2) is 8.42 Å². The highest BCUT2D eigenvalue weighted by molar-refractivity contribution is 7.91. The van der Waals surface area contributed by atoms with Gasteiger partial charge in [0, 0.05) is 18.6 Å². The fourth-order valence-electron chi connectivity index (χ4n) is 3.38. The molecule has 21 heavy (non-hydrogen) atoms. The van der Waals surface area contributed by atoms with E-state index in [0.29, 0.717) is 11.7 Å². The van der Waals surface area contributed by atoms with Crippen LogP contribution in [0, 0.1) is 11.3 Å². The minimum atomic E-state index is -2.97. The fraction of sp³-hybridized carbons (Fsp3) is 1.00. The molecule has 1 saturated carbocycles. The average molecular weight is 317 g/mol. The van der Waals surface area contributed by atoms with Gasteiger partial charge in [-0.05, 0) is 58.4 Å². The summed E-state index contributed by atoms with van der Waals surface area (Å²) in [5.74, 6) is 0.961. The van der Waals surface area contributed by atoms with Crippen LogP contribution in [0.5, 0.6) is 0 Å². The van der Waals surface area contributed by atoms with Gasteiger partial charge in [-0.1, -0.05) is 6.92 Å². The first-order valence-corrected chi connectivity index (χ1v) is 10.2. The third kappa shape index (κ3) is 4.20. The number of nitrogens with one attached hydrogen (secondary N) is 1. The third-order valence-electron chi connectivity index (χ3n) is 5.06. The first kappa shape index (κ1) is 17.2. The summed E-state index contributed by atoms with van der Waals surface area (Å²) in [5, 5.41) is 3.24. The zero-order chi connectivity index (χ0) is 15.5. The number of hydrogen-bond donors (Lipinski definition) is 1. The molecule has 5 heteroatoms. The Labute approximate surface area is 129 Å². The summed E-state index contributed by atoms with van der Waals surface area (Å²) in [6, 6.07) is 0. The summed E-state index contributed by atoms with van der Waals surface area (Å²) in [6.45, 7) is 8.40. The Morgan fingerprint density at radius 2 is 2.05 bits per heavy atom. The molecule has 1 aliphatic carbocycles. The maximum atomic E-state index is 12.2. The van der Waals surface area contributed by atoms with Crippen molar-refractivity contribution in [1.29, 1.82) is 0 Å². The van der Waals surface area contributed by atoms with Gasteiger partial charge in [0.15, 0.2) is 9.84 Å². The number of hydrogen-bond acceptors (Lipinski definition) is 4. The van der Waals surface area contributed by atoms with Gasteiger partial charge in [-0.2, -0.15) is 0 Å². The molecule has 2 atom stereocenters. The summed E-state index contributed by atoms with van der Waals surface area (Å²) < 4.78 is 30.4. The first-order valence-electron chi connectivity index (χ1n) is 8.45. The van der Waals surface area contributed by atoms with E-state index in [4.69, 9.17) is 4.74 Å². The van der Waals surface area contributed by atoms with E-state index in [9.17, 15) is 8.42 Å². The van der Waals surface area contributed by atoms with E-state index < -0.39 is 9.84 Å². The van der Waals surface area contributed by atoms with Gasteiger partial charge in [-0.3, -0.25) is 0 Å². The Kier molecular flexibility index (Phi) is 5.71. The molecule has 0 spiro atoms. The van der Waals surface area contributed by atoms with Gasteiger partial charge in [0.2, 0.25) is 0 Å². The number of ether oxygens (including phenoxy) is 1. The molecule has 2 fully saturated rings. The highest BCUT2D eigenvalue weighted by atomic mass is 32.2. The maximum absolute atomic E-state index is 12.2. The Hall–Kier alpha value is -0.130. The van der Waals surface area contributed by atoms with E-state index in [0.717, 1.165) is 39.0 Å². The molecular formula is C16H31NO3S. The maximum Gasteiger partial charge on any atom is 0.152 e. The van der Waals surface area contributed by atoms with Crippen LogP contribution in [-0.2, 0) is 14.6 Å². The SMILES string of the molecule is CCCNCC1(CCS(=O)(=O)C(C)C)CCOC1C1CC1. The van der Waals surface area contributed by atoms with Crippen LogP contribution in [0.3, 0.4) is 0 Å². The second-order valence-electron chi connectivity index (χ2n) is 7.08. The highest BCUT2D eigenvalue weighted by Gasteiger charge is 2.50. The molecule has 0 radical (unpaired) electrons. The van der Waals surface area contributed by atoms with E-state index >= 15 is 0 Å². The normalized spacial score (nSPS) is 30.2. The van der Waals surface area contributed by atoms with Crippen LogP contribution in [0.4, 0.5) is 0 Å². The van der Waals surface area contributed by atoms with Crippen molar-refractivity contribution in [2.24, 2.45) is 11.3 Å². The second-order valence-corrected chi connectivity index (χ2v) is 9.76. The number of rotatable bonds is 9. The molecular weight excluding hydrogens is 286 g/mol. The zero-order valence-electron chi connectivity index (χ0n) is 13.7. The van der Waals surface area contributed by atoms with Crippen molar-refractivity contribution in [3.63, 3.8) is 0 Å². The molecule has 0 aromatic rings. The third-order valence-corrected chi connectivity index (χ3v) is 7.27. The molecule has 1 heterocycles. The van der Waals surface area contributed by atoms with Gasteiger partial charge in [0.05, 0.1) is 17.1 Å². The van der Waals surface area contributed by atoms with Crippen LogP contribution in [-0.4, -0.2) is 45.2 Å². The lowest BCUT2D eigenvalue weighted by atomic mass is 9.76. The Morgan fingerprint density at radius 1 is 1.33 bits per heavy atom. The lowest BCUT2D eigenvalue weighted by Crippen LogP contribution is -2.43. The average Bonchev–Trinajstić information content (AvgIpc) is 3.19. The molecule has 124 valence electrons. The van der Waals surface area contributed by atoms with Crippen molar-refractivity contribution in [2.45, 2.75) is 64.2 Å². The van der Waals surface area contributed by atoms with Gasteiger partial charge < -0.3 is 10.1 Å². The smallest absolute Gasteiger partial charge is 0.152 e. The summed E-state index contributed by atoms with van der Waals surface area (Å²) in [7, 11) is -2.97. The molecule has 1 aliphatic heterocycles. The van der Waals surface area contributed by atoms with Crippen molar-refractivity contribution in [2.75, 3.05) is 25.4 Å². The van der Waals surface area contributed by atoms with E-state index in [1.165, 1.54) is 12.8 Å². The molecule has 2 aliphatic rings. The van der Waals surface area contributed by atoms with Crippen LogP contribution in [0.15, 0.2) is 0 Å². The van der Waals surface area contributed by atoms with E-state index in [1.54, 1.807) is 13.8 Å². The summed E-state index contributed by atoms with van der Waals surface area (Å²) in [4.78, 5) is 0. The van der Waals surface area contributed by atoms with Gasteiger partial charge in [-0.15, -0.1) is 0 Å². The molecule has 1 N–H and O–H groups in total. The molecule has 2 rings (SSSR count). The molecule has 2 unspecified atom stereocenters. The van der Waals surface area contributed by atoms with Gasteiger partial charge in [0.1, 0.15) is 0 Å². The minimum absolute atomic E-state index is 0.0261. The summed E-state index contributed by atoms with van der Waals surface area (Å²) in [6.07, 6.45) is 5.61. The van der Waals surface area contributed by atoms with Gasteiger partial charge in [0.25, 0.3) is 0 Å². The Bertz CT molecular complexity index is 431. The molecule has 0 aromatic heterocycles. The van der Waals surface area contributed by atoms with Crippen molar-refractivity contribution in [3.8, 4) is 0 Å². The van der Waals surface area contributed by atoms with E-state index in [1.807, 2.05) is 0 Å². The molecule has 4 nitrogen and oxygen atoms in total. The van der Waals surface area contributed by atoms with Crippen LogP contribution >= 0.6 is 0 Å². The molecule has 1 saturated heterocycles. The standard InChI is InChI=1S/C16H31NO3S/c1-4-9-17-12-16(8-11-21(18,19)13(2)3)7-10-20-15(16)14-5-6-14/h13-15,17H,4-12H2,1-3H3. The van der Waals surface area contributed by atoms with Gasteiger partial charge >= 0.3 is 0 Å². The molecule has 0 aromatic carbocycles.